The molecule has 0 spiro atoms. The van der Waals surface area contributed by atoms with Crippen LogP contribution in [-0.4, -0.2) is 7.05 Å². The van der Waals surface area contributed by atoms with Crippen LogP contribution in [0.5, 0.6) is 0 Å². The van der Waals surface area contributed by atoms with E-state index in [0.29, 0.717) is 12.0 Å². The first-order chi connectivity index (χ1) is 9.19. The zero-order valence-electron chi connectivity index (χ0n) is 10.6. The molecule has 0 saturated heterocycles. The van der Waals surface area contributed by atoms with Crippen LogP contribution in [-0.2, 0) is 12.8 Å². The Morgan fingerprint density at radius 3 is 2.42 bits per heavy atom. The Morgan fingerprint density at radius 2 is 1.95 bits per heavy atom. The third-order valence-corrected chi connectivity index (χ3v) is 6.39. The number of rotatable bonds is 3. The Morgan fingerprint density at radius 1 is 1.32 bits per heavy atom. The summed E-state index contributed by atoms with van der Waals surface area (Å²) in [6, 6.07) is 11.3. The van der Waals surface area contributed by atoms with E-state index in [4.69, 9.17) is 11.6 Å². The minimum absolute atomic E-state index is 0.376. The highest BCUT2D eigenvalue weighted by Crippen LogP contribution is 2.41. The first-order valence-electron chi connectivity index (χ1n) is 6.38. The molecule has 1 heterocycles. The summed E-state index contributed by atoms with van der Waals surface area (Å²) in [5.74, 6) is 0.615. The molecule has 3 rings (SSSR count). The Balaban J connectivity index is 1.85. The Hall–Kier alpha value is -0.350. The second-order valence-electron chi connectivity index (χ2n) is 4.97. The van der Waals surface area contributed by atoms with Gasteiger partial charge in [-0.15, -0.1) is 11.3 Å². The van der Waals surface area contributed by atoms with Crippen LogP contribution in [0, 0.1) is 5.92 Å². The van der Waals surface area contributed by atoms with Crippen LogP contribution in [0.1, 0.15) is 22.0 Å². The summed E-state index contributed by atoms with van der Waals surface area (Å²) in [4.78, 5) is 1.32. The molecule has 2 aromatic rings. The second-order valence-corrected chi connectivity index (χ2v) is 7.51. The molecule has 4 heteroatoms. The Labute approximate surface area is 131 Å². The fraction of sp³-hybridized carbons (Fsp3) is 0.333. The Bertz CT molecular complexity index is 551. The normalized spacial score (nSPS) is 16.6. The van der Waals surface area contributed by atoms with E-state index in [1.807, 2.05) is 7.05 Å². The number of hydrogen-bond donors (Lipinski definition) is 1. The lowest BCUT2D eigenvalue weighted by molar-refractivity contribution is 0.402. The lowest BCUT2D eigenvalue weighted by atomic mass is 9.95. The molecule has 1 nitrogen and oxygen atoms in total. The van der Waals surface area contributed by atoms with Gasteiger partial charge in [-0.25, -0.2) is 0 Å². The lowest BCUT2D eigenvalue weighted by Crippen LogP contribution is -2.24. The molecule has 1 aromatic heterocycles. The van der Waals surface area contributed by atoms with Gasteiger partial charge in [-0.05, 0) is 58.9 Å². The van der Waals surface area contributed by atoms with Crippen molar-refractivity contribution in [2.75, 3.05) is 7.05 Å². The lowest BCUT2D eigenvalue weighted by Gasteiger charge is -2.21. The zero-order chi connectivity index (χ0) is 13.4. The summed E-state index contributed by atoms with van der Waals surface area (Å²) in [7, 11) is 2.04. The van der Waals surface area contributed by atoms with Gasteiger partial charge in [-0.3, -0.25) is 0 Å². The van der Waals surface area contributed by atoms with Crippen LogP contribution in [0.25, 0.3) is 0 Å². The third kappa shape index (κ3) is 2.62. The van der Waals surface area contributed by atoms with Gasteiger partial charge in [-0.2, -0.15) is 0 Å². The van der Waals surface area contributed by atoms with Crippen molar-refractivity contribution in [3.8, 4) is 0 Å². The van der Waals surface area contributed by atoms with Crippen molar-refractivity contribution in [3.05, 3.63) is 55.1 Å². The van der Waals surface area contributed by atoms with Crippen molar-refractivity contribution in [3.63, 3.8) is 0 Å². The maximum Gasteiger partial charge on any atom is 0.107 e. The van der Waals surface area contributed by atoms with Crippen molar-refractivity contribution in [1.29, 1.82) is 0 Å². The van der Waals surface area contributed by atoms with E-state index in [2.05, 4.69) is 51.6 Å². The SMILES string of the molecule is CNC(c1cc(Br)c(Cl)s1)C1Cc2ccccc2C1. The van der Waals surface area contributed by atoms with Crippen LogP contribution in [0.4, 0.5) is 0 Å². The van der Waals surface area contributed by atoms with E-state index < -0.39 is 0 Å². The topological polar surface area (TPSA) is 12.0 Å². The molecule has 1 aromatic carbocycles. The molecular weight excluding hydrogens is 342 g/mol. The molecule has 100 valence electrons. The maximum atomic E-state index is 6.17. The van der Waals surface area contributed by atoms with Crippen LogP contribution in [0.15, 0.2) is 34.8 Å². The molecular formula is C15H15BrClNS. The average molecular weight is 357 g/mol. The van der Waals surface area contributed by atoms with Crippen molar-refractivity contribution in [1.82, 2.24) is 5.32 Å². The highest BCUT2D eigenvalue weighted by atomic mass is 79.9. The number of benzene rings is 1. The van der Waals surface area contributed by atoms with Crippen LogP contribution in [0.2, 0.25) is 4.34 Å². The minimum Gasteiger partial charge on any atom is -0.312 e. The van der Waals surface area contributed by atoms with Gasteiger partial charge in [-0.1, -0.05) is 35.9 Å². The van der Waals surface area contributed by atoms with Gasteiger partial charge in [0.25, 0.3) is 0 Å². The maximum absolute atomic E-state index is 6.17. The molecule has 0 amide bonds. The molecule has 19 heavy (non-hydrogen) atoms. The van der Waals surface area contributed by atoms with Crippen molar-refractivity contribution >= 4 is 38.9 Å². The molecule has 1 N–H and O–H groups in total. The smallest absolute Gasteiger partial charge is 0.107 e. The van der Waals surface area contributed by atoms with Crippen LogP contribution < -0.4 is 5.32 Å². The van der Waals surface area contributed by atoms with E-state index in [0.717, 1.165) is 21.7 Å². The predicted octanol–water partition coefficient (Wildman–Crippen LogP) is 4.84. The fourth-order valence-electron chi connectivity index (χ4n) is 2.96. The molecule has 1 aliphatic rings. The zero-order valence-corrected chi connectivity index (χ0v) is 13.8. The van der Waals surface area contributed by atoms with Crippen molar-refractivity contribution in [2.24, 2.45) is 5.92 Å². The summed E-state index contributed by atoms with van der Waals surface area (Å²) >= 11 is 11.3. The molecule has 1 aliphatic carbocycles. The molecule has 0 fully saturated rings. The first kappa shape index (κ1) is 13.6. The second kappa shape index (κ2) is 5.57. The minimum atomic E-state index is 0.376. The quantitative estimate of drug-likeness (QED) is 0.830. The predicted molar refractivity (Wildman–Crippen MR) is 86.2 cm³/mol. The van der Waals surface area contributed by atoms with E-state index in [-0.39, 0.29) is 0 Å². The van der Waals surface area contributed by atoms with Gasteiger partial charge in [0.15, 0.2) is 0 Å². The fourth-order valence-corrected chi connectivity index (χ4v) is 4.90. The number of hydrogen-bond acceptors (Lipinski definition) is 2. The van der Waals surface area contributed by atoms with Gasteiger partial charge < -0.3 is 5.32 Å². The van der Waals surface area contributed by atoms with Crippen LogP contribution >= 0.6 is 38.9 Å². The summed E-state index contributed by atoms with van der Waals surface area (Å²) < 4.78 is 1.84. The van der Waals surface area contributed by atoms with Gasteiger partial charge >= 0.3 is 0 Å². The van der Waals surface area contributed by atoms with E-state index >= 15 is 0 Å². The summed E-state index contributed by atoms with van der Waals surface area (Å²) in [6.07, 6.45) is 2.30. The van der Waals surface area contributed by atoms with Gasteiger partial charge in [0.2, 0.25) is 0 Å². The van der Waals surface area contributed by atoms with Gasteiger partial charge in [0, 0.05) is 15.4 Å². The molecule has 0 aliphatic heterocycles. The number of halogens is 2. The molecule has 1 unspecified atom stereocenters. The van der Waals surface area contributed by atoms with E-state index in [9.17, 15) is 0 Å². The standard InChI is InChI=1S/C15H15BrClNS/c1-18-14(13-8-12(16)15(17)19-13)11-6-9-4-2-3-5-10(9)7-11/h2-5,8,11,14,18H,6-7H2,1H3. The number of nitrogens with one attached hydrogen (secondary N) is 1. The molecule has 1 atom stereocenters. The third-order valence-electron chi connectivity index (χ3n) is 3.84. The van der Waals surface area contributed by atoms with E-state index in [1.165, 1.54) is 16.0 Å². The number of fused-ring (bicyclic) bond motifs is 1. The van der Waals surface area contributed by atoms with Crippen LogP contribution in [0.3, 0.4) is 0 Å². The van der Waals surface area contributed by atoms with Gasteiger partial charge in [0.1, 0.15) is 4.34 Å². The highest BCUT2D eigenvalue weighted by Gasteiger charge is 2.29. The molecule has 0 bridgehead atoms. The summed E-state index contributed by atoms with van der Waals surface area (Å²) in [5, 5.41) is 3.47. The van der Waals surface area contributed by atoms with Crippen molar-refractivity contribution < 1.29 is 0 Å². The van der Waals surface area contributed by atoms with Crippen molar-refractivity contribution in [2.45, 2.75) is 18.9 Å². The highest BCUT2D eigenvalue weighted by molar-refractivity contribution is 9.10. The molecule has 0 radical (unpaired) electrons. The van der Waals surface area contributed by atoms with Gasteiger partial charge in [0.05, 0.1) is 0 Å². The Kier molecular flexibility index (Phi) is 3.99. The average Bonchev–Trinajstić information content (AvgIpc) is 2.95. The van der Waals surface area contributed by atoms with E-state index in [1.54, 1.807) is 11.3 Å². The summed E-state index contributed by atoms with van der Waals surface area (Å²) in [5.41, 5.74) is 2.99. The summed E-state index contributed by atoms with van der Waals surface area (Å²) in [6.45, 7) is 0. The first-order valence-corrected chi connectivity index (χ1v) is 8.36. The number of thiophene rings is 1. The monoisotopic (exact) mass is 355 g/mol. The molecule has 0 saturated carbocycles. The largest absolute Gasteiger partial charge is 0.312 e.